The summed E-state index contributed by atoms with van der Waals surface area (Å²) in [5.74, 6) is 5.85. The van der Waals surface area contributed by atoms with E-state index in [0.29, 0.717) is 58.0 Å². The Labute approximate surface area is 278 Å². The van der Waals surface area contributed by atoms with Crippen molar-refractivity contribution in [3.8, 4) is 23.2 Å². The summed E-state index contributed by atoms with van der Waals surface area (Å²) in [7, 11) is 0. The number of nitrogens with one attached hydrogen (secondary N) is 3. The standard InChI is InChI=1S/C36H39N7O3S/c1-5-10-23(3)11-7-8-14-31(44)40-27-12-9-13-29(20-27)43-33-32(30(37)19-25(6-2)22-38-33)42(36(43)46)28-17-15-26(16-18-28)34(45)41-35-39-21-24(4)47-35/h9,12-13,15-18,20-23,25,37H,5-7,10-11,19H2,1-4H3,(H,40,44)(H,39,41,45). The highest BCUT2D eigenvalue weighted by Crippen LogP contribution is 2.31. The van der Waals surface area contributed by atoms with Crippen molar-refractivity contribution in [3.05, 3.63) is 81.3 Å². The number of carbonyl (C=O) groups is 2. The van der Waals surface area contributed by atoms with Crippen molar-refractivity contribution in [2.24, 2.45) is 16.8 Å². The van der Waals surface area contributed by atoms with Crippen molar-refractivity contribution in [1.29, 1.82) is 5.41 Å². The van der Waals surface area contributed by atoms with Crippen molar-refractivity contribution < 1.29 is 9.59 Å². The number of imidazole rings is 1. The summed E-state index contributed by atoms with van der Waals surface area (Å²) >= 11 is 1.39. The number of thiazole rings is 1. The lowest BCUT2D eigenvalue weighted by Crippen LogP contribution is -2.24. The van der Waals surface area contributed by atoms with Crippen LogP contribution in [-0.4, -0.2) is 37.9 Å². The quantitative estimate of drug-likeness (QED) is 0.155. The maximum Gasteiger partial charge on any atom is 0.339 e. The zero-order chi connectivity index (χ0) is 33.5. The van der Waals surface area contributed by atoms with E-state index in [2.05, 4.69) is 41.3 Å². The Balaban J connectivity index is 1.47. The van der Waals surface area contributed by atoms with Crippen LogP contribution in [0, 0.1) is 36.0 Å². The molecule has 0 saturated heterocycles. The molecular weight excluding hydrogens is 611 g/mol. The molecule has 0 radical (unpaired) electrons. The van der Waals surface area contributed by atoms with Gasteiger partial charge in [-0.3, -0.25) is 19.5 Å². The number of aryl methyl sites for hydroxylation is 1. The van der Waals surface area contributed by atoms with Crippen LogP contribution in [0.15, 0.2) is 64.5 Å². The fraction of sp³-hybridized carbons (Fsp3) is 0.333. The van der Waals surface area contributed by atoms with E-state index < -0.39 is 11.6 Å². The molecular formula is C36H39N7O3S. The van der Waals surface area contributed by atoms with Crippen LogP contribution in [0.5, 0.6) is 0 Å². The Kier molecular flexibility index (Phi) is 10.6. The lowest BCUT2D eigenvalue weighted by molar-refractivity contribution is -0.111. The lowest BCUT2D eigenvalue weighted by atomic mass is 10.00. The number of nitrogens with zero attached hydrogens (tertiary/aromatic N) is 4. The van der Waals surface area contributed by atoms with E-state index in [1.54, 1.807) is 60.9 Å². The van der Waals surface area contributed by atoms with Gasteiger partial charge in [-0.2, -0.15) is 0 Å². The number of carbonyl (C=O) groups excluding carboxylic acids is 2. The summed E-state index contributed by atoms with van der Waals surface area (Å²) in [6.07, 6.45) is 8.60. The number of anilines is 2. The number of benzene rings is 2. The van der Waals surface area contributed by atoms with Gasteiger partial charge in [-0.1, -0.05) is 45.6 Å². The summed E-state index contributed by atoms with van der Waals surface area (Å²) in [4.78, 5) is 49.6. The van der Waals surface area contributed by atoms with Crippen molar-refractivity contribution in [2.45, 2.75) is 66.2 Å². The second-order valence-electron chi connectivity index (χ2n) is 11.8. The van der Waals surface area contributed by atoms with Crippen molar-refractivity contribution in [2.75, 3.05) is 10.6 Å². The summed E-state index contributed by atoms with van der Waals surface area (Å²) < 4.78 is 2.93. The average molecular weight is 650 g/mol. The van der Waals surface area contributed by atoms with Crippen LogP contribution in [0.4, 0.5) is 16.6 Å². The van der Waals surface area contributed by atoms with Gasteiger partial charge in [-0.25, -0.2) is 19.3 Å². The highest BCUT2D eigenvalue weighted by atomic mass is 32.1. The maximum absolute atomic E-state index is 14.2. The molecule has 11 heteroatoms. The van der Waals surface area contributed by atoms with Gasteiger partial charge < -0.3 is 10.7 Å². The van der Waals surface area contributed by atoms with Gasteiger partial charge in [0.25, 0.3) is 11.8 Å². The molecule has 10 nitrogen and oxygen atoms in total. The van der Waals surface area contributed by atoms with Crippen molar-refractivity contribution in [3.63, 3.8) is 0 Å². The van der Waals surface area contributed by atoms with E-state index in [1.165, 1.54) is 20.5 Å². The van der Waals surface area contributed by atoms with Crippen LogP contribution >= 0.6 is 11.3 Å². The van der Waals surface area contributed by atoms with Crippen LogP contribution in [-0.2, 0) is 4.79 Å². The third kappa shape index (κ3) is 7.84. The largest absolute Gasteiger partial charge is 0.339 e. The molecule has 0 spiro atoms. The molecule has 2 unspecified atom stereocenters. The molecule has 0 bridgehead atoms. The highest BCUT2D eigenvalue weighted by molar-refractivity contribution is 7.15. The molecule has 47 heavy (non-hydrogen) atoms. The second-order valence-corrected chi connectivity index (χ2v) is 13.0. The number of hydrogen-bond acceptors (Lipinski definition) is 7. The zero-order valence-electron chi connectivity index (χ0n) is 27.1. The molecule has 4 aromatic rings. The highest BCUT2D eigenvalue weighted by Gasteiger charge is 2.28. The van der Waals surface area contributed by atoms with Crippen LogP contribution in [0.1, 0.15) is 80.2 Å². The molecule has 0 aliphatic carbocycles. The molecule has 2 aromatic heterocycles. The number of aromatic nitrogens is 3. The van der Waals surface area contributed by atoms with Crippen molar-refractivity contribution in [1.82, 2.24) is 14.1 Å². The SMILES string of the molecule is CCCC(C)CCC#CC(=O)Nc1cccc(-n2c3c(n(-c4ccc(C(=O)Nc5ncc(C)s5)cc4)c2=O)C(=N)CC(CC)C=N3)c1. The summed E-state index contributed by atoms with van der Waals surface area (Å²) in [6, 6.07) is 13.6. The van der Waals surface area contributed by atoms with Crippen molar-refractivity contribution >= 4 is 51.7 Å². The molecule has 3 N–H and O–H groups in total. The fourth-order valence-corrected chi connectivity index (χ4v) is 6.18. The number of hydrogen-bond donors (Lipinski definition) is 3. The molecule has 0 saturated carbocycles. The third-order valence-corrected chi connectivity index (χ3v) is 8.88. The molecule has 1 aliphatic rings. The summed E-state index contributed by atoms with van der Waals surface area (Å²) in [6.45, 7) is 8.31. The molecule has 3 heterocycles. The van der Waals surface area contributed by atoms with Gasteiger partial charge in [-0.05, 0) is 86.4 Å². The molecule has 2 amide bonds. The average Bonchev–Trinajstić information content (AvgIpc) is 3.55. The normalized spacial score (nSPS) is 14.5. The van der Waals surface area contributed by atoms with E-state index in [1.807, 2.05) is 13.8 Å². The second kappa shape index (κ2) is 15.0. The Morgan fingerprint density at radius 1 is 1.09 bits per heavy atom. The van der Waals surface area contributed by atoms with E-state index in [9.17, 15) is 14.4 Å². The minimum atomic E-state index is -0.424. The molecule has 0 fully saturated rings. The van der Waals surface area contributed by atoms with Gasteiger partial charge in [-0.15, -0.1) is 11.3 Å². The van der Waals surface area contributed by atoms with Crippen LogP contribution in [0.25, 0.3) is 11.4 Å². The van der Waals surface area contributed by atoms with E-state index in [-0.39, 0.29) is 17.5 Å². The smallest absolute Gasteiger partial charge is 0.315 e. The molecule has 5 rings (SSSR count). The number of fused-ring (bicyclic) bond motifs is 1. The van der Waals surface area contributed by atoms with E-state index in [0.717, 1.165) is 30.6 Å². The first kappa shape index (κ1) is 33.3. The first-order chi connectivity index (χ1) is 22.7. The minimum Gasteiger partial charge on any atom is -0.315 e. The summed E-state index contributed by atoms with van der Waals surface area (Å²) in [5, 5.41) is 15.1. The first-order valence-corrected chi connectivity index (χ1v) is 16.7. The van der Waals surface area contributed by atoms with E-state index >= 15 is 0 Å². The molecule has 1 aliphatic heterocycles. The molecule has 2 aromatic carbocycles. The number of amides is 2. The number of aliphatic imine (C=N–C) groups is 1. The zero-order valence-corrected chi connectivity index (χ0v) is 27.9. The Hall–Kier alpha value is -5.08. The fourth-order valence-electron chi connectivity index (χ4n) is 5.52. The molecule has 2 atom stereocenters. The van der Waals surface area contributed by atoms with Gasteiger partial charge >= 0.3 is 5.69 Å². The topological polar surface area (TPSA) is 134 Å². The van der Waals surface area contributed by atoms with Gasteiger partial charge in [0, 0.05) is 35.0 Å². The minimum absolute atomic E-state index is 0.0432. The first-order valence-electron chi connectivity index (χ1n) is 15.9. The Bertz CT molecular complexity index is 1940. The maximum atomic E-state index is 14.2. The lowest BCUT2D eigenvalue weighted by Gasteiger charge is -2.11. The van der Waals surface area contributed by atoms with E-state index in [4.69, 9.17) is 10.4 Å². The van der Waals surface area contributed by atoms with Crippen LogP contribution in [0.3, 0.4) is 0 Å². The number of rotatable bonds is 10. The predicted octanol–water partition coefficient (Wildman–Crippen LogP) is 7.30. The Morgan fingerprint density at radius 2 is 1.87 bits per heavy atom. The van der Waals surface area contributed by atoms with Gasteiger partial charge in [0.1, 0.15) is 5.69 Å². The predicted molar refractivity (Wildman–Crippen MR) is 189 cm³/mol. The molecule has 242 valence electrons. The Morgan fingerprint density at radius 3 is 2.57 bits per heavy atom. The van der Waals surface area contributed by atoms with Gasteiger partial charge in [0.15, 0.2) is 10.9 Å². The van der Waals surface area contributed by atoms with Gasteiger partial charge in [0.2, 0.25) is 0 Å². The monoisotopic (exact) mass is 649 g/mol. The van der Waals surface area contributed by atoms with Crippen LogP contribution < -0.4 is 16.3 Å². The third-order valence-electron chi connectivity index (χ3n) is 8.05. The van der Waals surface area contributed by atoms with Gasteiger partial charge in [0.05, 0.1) is 17.1 Å². The summed E-state index contributed by atoms with van der Waals surface area (Å²) in [5.41, 5.74) is 2.12. The van der Waals surface area contributed by atoms with Crippen LogP contribution in [0.2, 0.25) is 0 Å².